The van der Waals surface area contributed by atoms with Gasteiger partial charge in [-0.3, -0.25) is 4.79 Å². The van der Waals surface area contributed by atoms with Crippen LogP contribution in [0.2, 0.25) is 5.02 Å². The van der Waals surface area contributed by atoms with E-state index in [1.807, 2.05) is 0 Å². The van der Waals surface area contributed by atoms with Gasteiger partial charge in [0.15, 0.2) is 0 Å². The predicted molar refractivity (Wildman–Crippen MR) is 61.5 cm³/mol. The molecule has 0 aliphatic carbocycles. The third-order valence-electron chi connectivity index (χ3n) is 2.15. The van der Waals surface area contributed by atoms with Crippen molar-refractivity contribution in [3.05, 3.63) is 34.9 Å². The van der Waals surface area contributed by atoms with E-state index in [2.05, 4.69) is 0 Å². The minimum absolute atomic E-state index is 0.0684. The lowest BCUT2D eigenvalue weighted by molar-refractivity contribution is -0.144. The number of carbonyl (C=O) groups excluding carboxylic acids is 2. The Kier molecular flexibility index (Phi) is 4.99. The molecule has 0 aliphatic heterocycles. The fraction of sp³-hybridized carbons (Fsp3) is 0.333. The third-order valence-corrected chi connectivity index (χ3v) is 2.41. The maximum atomic E-state index is 11.2. The minimum atomic E-state index is -0.462. The van der Waals surface area contributed by atoms with Crippen molar-refractivity contribution >= 4 is 23.9 Å². The quantitative estimate of drug-likeness (QED) is 0.587. The van der Waals surface area contributed by atoms with Crippen molar-refractivity contribution in [3.8, 4) is 0 Å². The Labute approximate surface area is 99.4 Å². The van der Waals surface area contributed by atoms with Crippen molar-refractivity contribution < 1.29 is 14.3 Å². The highest BCUT2D eigenvalue weighted by atomic mass is 35.5. The van der Waals surface area contributed by atoms with Crippen LogP contribution in [0.1, 0.15) is 24.8 Å². The maximum absolute atomic E-state index is 11.2. The number of benzene rings is 1. The Bertz CT molecular complexity index is 359. The topological polar surface area (TPSA) is 43.4 Å². The first kappa shape index (κ1) is 12.7. The zero-order valence-electron chi connectivity index (χ0n) is 8.98. The molecule has 0 aliphatic rings. The predicted octanol–water partition coefficient (Wildman–Crippen LogP) is 2.58. The molecule has 0 N–H and O–H groups in total. The summed E-state index contributed by atoms with van der Waals surface area (Å²) in [6, 6.07) is 6.86. The molecule has 1 rings (SSSR count). The molecule has 0 amide bonds. The van der Waals surface area contributed by atoms with Gasteiger partial charge in [-0.1, -0.05) is 23.7 Å². The summed E-state index contributed by atoms with van der Waals surface area (Å²) in [6.07, 6.45) is 0.819. The van der Waals surface area contributed by atoms with Gasteiger partial charge >= 0.3 is 5.97 Å². The number of hydrogen-bond donors (Lipinski definition) is 0. The normalized spacial score (nSPS) is 11.9. The van der Waals surface area contributed by atoms with Gasteiger partial charge in [-0.15, -0.1) is 0 Å². The van der Waals surface area contributed by atoms with E-state index in [0.717, 1.165) is 11.8 Å². The largest absolute Gasteiger partial charge is 0.466 e. The summed E-state index contributed by atoms with van der Waals surface area (Å²) in [5, 5.41) is 0.601. The van der Waals surface area contributed by atoms with Gasteiger partial charge in [-0.05, 0) is 24.6 Å². The van der Waals surface area contributed by atoms with Crippen LogP contribution in [0.3, 0.4) is 0 Å². The molecule has 0 unspecified atom stereocenters. The first-order valence-corrected chi connectivity index (χ1v) is 5.41. The monoisotopic (exact) mass is 240 g/mol. The van der Waals surface area contributed by atoms with E-state index < -0.39 is 5.92 Å². The summed E-state index contributed by atoms with van der Waals surface area (Å²) in [6.45, 7) is 2.06. The van der Waals surface area contributed by atoms with E-state index in [1.54, 1.807) is 31.2 Å². The maximum Gasteiger partial charge on any atom is 0.306 e. The molecule has 4 heteroatoms. The van der Waals surface area contributed by atoms with Crippen molar-refractivity contribution in [3.63, 3.8) is 0 Å². The standard InChI is InChI=1S/C12H13ClO3/c1-2-16-12(15)7-10(8-14)9-3-5-11(13)6-4-9/h3-6,8,10H,2,7H2,1H3/t10-/m1/s1. The second-order valence-corrected chi connectivity index (χ2v) is 3.74. The molecule has 3 nitrogen and oxygen atoms in total. The molecule has 0 saturated heterocycles. The summed E-state index contributed by atoms with van der Waals surface area (Å²) in [5.41, 5.74) is 0.771. The van der Waals surface area contributed by atoms with Crippen LogP contribution in [0.4, 0.5) is 0 Å². The molecule has 0 heterocycles. The van der Waals surface area contributed by atoms with Crippen molar-refractivity contribution in [1.29, 1.82) is 0 Å². The molecule has 0 fully saturated rings. The molecule has 1 aromatic rings. The van der Waals surface area contributed by atoms with E-state index >= 15 is 0 Å². The van der Waals surface area contributed by atoms with Gasteiger partial charge < -0.3 is 9.53 Å². The van der Waals surface area contributed by atoms with Crippen LogP contribution in [-0.4, -0.2) is 18.9 Å². The molecule has 0 bridgehead atoms. The molecule has 1 atom stereocenters. The second-order valence-electron chi connectivity index (χ2n) is 3.30. The summed E-state index contributed by atoms with van der Waals surface area (Å²) in [4.78, 5) is 22.1. The Hall–Kier alpha value is -1.35. The third kappa shape index (κ3) is 3.66. The van der Waals surface area contributed by atoms with Crippen LogP contribution < -0.4 is 0 Å². The van der Waals surface area contributed by atoms with E-state index in [4.69, 9.17) is 16.3 Å². The van der Waals surface area contributed by atoms with Crippen molar-refractivity contribution in [1.82, 2.24) is 0 Å². The average Bonchev–Trinajstić information content (AvgIpc) is 2.27. The zero-order chi connectivity index (χ0) is 12.0. The van der Waals surface area contributed by atoms with E-state index in [-0.39, 0.29) is 12.4 Å². The molecule has 0 saturated carbocycles. The molecule has 86 valence electrons. The first-order chi connectivity index (χ1) is 7.67. The van der Waals surface area contributed by atoms with E-state index in [9.17, 15) is 9.59 Å². The van der Waals surface area contributed by atoms with E-state index in [0.29, 0.717) is 11.6 Å². The smallest absolute Gasteiger partial charge is 0.306 e. The fourth-order valence-corrected chi connectivity index (χ4v) is 1.48. The molecular weight excluding hydrogens is 228 g/mol. The summed E-state index contributed by atoms with van der Waals surface area (Å²) in [7, 11) is 0. The van der Waals surface area contributed by atoms with Gasteiger partial charge in [0, 0.05) is 5.02 Å². The Balaban J connectivity index is 2.71. The Morgan fingerprint density at radius 3 is 2.56 bits per heavy atom. The van der Waals surface area contributed by atoms with Gasteiger partial charge in [0.25, 0.3) is 0 Å². The summed E-state index contributed by atoms with van der Waals surface area (Å²) < 4.78 is 4.80. The van der Waals surface area contributed by atoms with Crippen LogP contribution in [0.15, 0.2) is 24.3 Å². The summed E-state index contributed by atoms with van der Waals surface area (Å²) >= 11 is 5.74. The lowest BCUT2D eigenvalue weighted by Gasteiger charge is -2.09. The van der Waals surface area contributed by atoms with Crippen LogP contribution in [0.5, 0.6) is 0 Å². The highest BCUT2D eigenvalue weighted by Gasteiger charge is 2.15. The highest BCUT2D eigenvalue weighted by Crippen LogP contribution is 2.20. The van der Waals surface area contributed by atoms with Crippen LogP contribution in [-0.2, 0) is 14.3 Å². The van der Waals surface area contributed by atoms with Crippen molar-refractivity contribution in [2.24, 2.45) is 0 Å². The van der Waals surface area contributed by atoms with Crippen LogP contribution in [0, 0.1) is 0 Å². The van der Waals surface area contributed by atoms with Crippen molar-refractivity contribution in [2.75, 3.05) is 6.61 Å². The number of aldehydes is 1. The van der Waals surface area contributed by atoms with Gasteiger partial charge in [-0.2, -0.15) is 0 Å². The van der Waals surface area contributed by atoms with Gasteiger partial charge in [0.05, 0.1) is 18.9 Å². The number of halogens is 1. The highest BCUT2D eigenvalue weighted by molar-refractivity contribution is 6.30. The first-order valence-electron chi connectivity index (χ1n) is 5.03. The number of rotatable bonds is 5. The van der Waals surface area contributed by atoms with Gasteiger partial charge in [-0.25, -0.2) is 0 Å². The minimum Gasteiger partial charge on any atom is -0.466 e. The molecule has 0 spiro atoms. The average molecular weight is 241 g/mol. The van der Waals surface area contributed by atoms with Crippen LogP contribution in [0.25, 0.3) is 0 Å². The van der Waals surface area contributed by atoms with Gasteiger partial charge in [0.2, 0.25) is 0 Å². The Morgan fingerprint density at radius 2 is 2.06 bits per heavy atom. The number of ether oxygens (including phenoxy) is 1. The molecule has 16 heavy (non-hydrogen) atoms. The number of hydrogen-bond acceptors (Lipinski definition) is 3. The molecular formula is C12H13ClO3. The van der Waals surface area contributed by atoms with Gasteiger partial charge in [0.1, 0.15) is 6.29 Å². The van der Waals surface area contributed by atoms with Crippen LogP contribution >= 0.6 is 11.6 Å². The number of esters is 1. The zero-order valence-corrected chi connectivity index (χ0v) is 9.74. The second kappa shape index (κ2) is 6.28. The lowest BCUT2D eigenvalue weighted by atomic mass is 9.97. The SMILES string of the molecule is CCOC(=O)C[C@H](C=O)c1ccc(Cl)cc1. The van der Waals surface area contributed by atoms with E-state index in [1.165, 1.54) is 0 Å². The van der Waals surface area contributed by atoms with Crippen molar-refractivity contribution in [2.45, 2.75) is 19.3 Å². The summed E-state index contributed by atoms with van der Waals surface area (Å²) in [5.74, 6) is -0.828. The molecule has 0 radical (unpaired) electrons. The fourth-order valence-electron chi connectivity index (χ4n) is 1.35. The lowest BCUT2D eigenvalue weighted by Crippen LogP contribution is -2.11. The Morgan fingerprint density at radius 1 is 1.44 bits per heavy atom. The number of carbonyl (C=O) groups is 2. The molecule has 1 aromatic carbocycles. The molecule has 0 aromatic heterocycles.